The smallest absolute Gasteiger partial charge is 0.465 e. The Hall–Kier alpha value is -1.27. The van der Waals surface area contributed by atoms with E-state index >= 15 is 0 Å². The molecular weight excluding hydrogens is 289 g/mol. The van der Waals surface area contributed by atoms with E-state index in [0.717, 1.165) is 0 Å². The molecule has 0 aromatic heterocycles. The maximum Gasteiger partial charge on any atom is 0.490 e. The third kappa shape index (κ3) is 5.93. The molecule has 1 fully saturated rings. The van der Waals surface area contributed by atoms with Gasteiger partial charge >= 0.3 is 18.1 Å². The molecule has 1 aliphatic rings. The fourth-order valence-corrected chi connectivity index (χ4v) is 2.04. The molecule has 4 nitrogen and oxygen atoms in total. The minimum absolute atomic E-state index is 0.108. The predicted octanol–water partition coefficient (Wildman–Crippen LogP) is 3.24. The Labute approximate surface area is 122 Å². The number of halogens is 3. The van der Waals surface area contributed by atoms with Crippen LogP contribution in [0.3, 0.4) is 0 Å². The highest BCUT2D eigenvalue weighted by atomic mass is 19.4. The first-order valence-corrected chi connectivity index (χ1v) is 6.95. The molecule has 0 amide bonds. The third-order valence-corrected chi connectivity index (χ3v) is 3.36. The molecule has 0 saturated heterocycles. The zero-order valence-corrected chi connectivity index (χ0v) is 12.5. The molecule has 0 aliphatic heterocycles. The number of carbonyl (C=O) groups is 2. The van der Waals surface area contributed by atoms with Crippen molar-refractivity contribution in [2.24, 2.45) is 11.3 Å². The van der Waals surface area contributed by atoms with Crippen LogP contribution in [0.25, 0.3) is 0 Å². The van der Waals surface area contributed by atoms with Gasteiger partial charge in [0.1, 0.15) is 6.10 Å². The molecule has 0 spiro atoms. The molecule has 0 unspecified atom stereocenters. The van der Waals surface area contributed by atoms with Gasteiger partial charge in [-0.05, 0) is 52.4 Å². The van der Waals surface area contributed by atoms with Crippen molar-refractivity contribution in [1.82, 2.24) is 0 Å². The summed E-state index contributed by atoms with van der Waals surface area (Å²) >= 11 is 0. The summed E-state index contributed by atoms with van der Waals surface area (Å²) in [7, 11) is 0. The maximum atomic E-state index is 12.1. The second kappa shape index (κ2) is 6.66. The van der Waals surface area contributed by atoms with Gasteiger partial charge in [-0.2, -0.15) is 13.2 Å². The molecule has 0 atom stereocenters. The van der Waals surface area contributed by atoms with Crippen molar-refractivity contribution in [3.8, 4) is 0 Å². The molecule has 7 heteroatoms. The standard InChI is InChI=1S/C14H21F3O4/c1-13(2,3)11(18)20-8-9-4-6-10(7-5-9)21-12(19)14(15,16)17/h9-10H,4-8H2,1-3H3. The average Bonchev–Trinajstić information content (AvgIpc) is 2.35. The zero-order valence-electron chi connectivity index (χ0n) is 12.5. The van der Waals surface area contributed by atoms with Gasteiger partial charge in [0.15, 0.2) is 0 Å². The van der Waals surface area contributed by atoms with Crippen LogP contribution < -0.4 is 0 Å². The average molecular weight is 310 g/mol. The van der Waals surface area contributed by atoms with E-state index in [0.29, 0.717) is 25.7 Å². The highest BCUT2D eigenvalue weighted by Crippen LogP contribution is 2.29. The van der Waals surface area contributed by atoms with Crippen LogP contribution in [0.2, 0.25) is 0 Å². The van der Waals surface area contributed by atoms with Gasteiger partial charge in [-0.1, -0.05) is 0 Å². The Morgan fingerprint density at radius 3 is 1.95 bits per heavy atom. The Bertz CT molecular complexity index is 377. The van der Waals surface area contributed by atoms with Crippen molar-refractivity contribution in [3.63, 3.8) is 0 Å². The van der Waals surface area contributed by atoms with Crippen molar-refractivity contribution < 1.29 is 32.2 Å². The van der Waals surface area contributed by atoms with Gasteiger partial charge in [0.2, 0.25) is 0 Å². The first kappa shape index (κ1) is 17.8. The predicted molar refractivity (Wildman–Crippen MR) is 68.3 cm³/mol. The SMILES string of the molecule is CC(C)(C)C(=O)OCC1CCC(OC(=O)C(F)(F)F)CC1. The summed E-state index contributed by atoms with van der Waals surface area (Å²) in [5.74, 6) is -2.32. The van der Waals surface area contributed by atoms with Crippen LogP contribution in [0.4, 0.5) is 13.2 Å². The number of esters is 2. The van der Waals surface area contributed by atoms with Gasteiger partial charge in [0.05, 0.1) is 12.0 Å². The van der Waals surface area contributed by atoms with Crippen molar-refractivity contribution in [1.29, 1.82) is 0 Å². The molecular formula is C14H21F3O4. The van der Waals surface area contributed by atoms with Gasteiger partial charge < -0.3 is 9.47 Å². The summed E-state index contributed by atoms with van der Waals surface area (Å²) in [5.41, 5.74) is -0.570. The molecule has 1 aliphatic carbocycles. The lowest BCUT2D eigenvalue weighted by Gasteiger charge is -2.29. The minimum Gasteiger partial charge on any atom is -0.465 e. The van der Waals surface area contributed by atoms with Gasteiger partial charge in [-0.25, -0.2) is 4.79 Å². The summed E-state index contributed by atoms with van der Waals surface area (Å²) in [4.78, 5) is 22.3. The van der Waals surface area contributed by atoms with Crippen molar-refractivity contribution in [2.45, 2.75) is 58.7 Å². The molecule has 0 aromatic carbocycles. The Morgan fingerprint density at radius 1 is 1.00 bits per heavy atom. The highest BCUT2D eigenvalue weighted by Gasteiger charge is 2.42. The van der Waals surface area contributed by atoms with Gasteiger partial charge in [-0.3, -0.25) is 4.79 Å². The van der Waals surface area contributed by atoms with Crippen LogP contribution in [0.1, 0.15) is 46.5 Å². The molecule has 21 heavy (non-hydrogen) atoms. The fourth-order valence-electron chi connectivity index (χ4n) is 2.04. The summed E-state index contributed by atoms with van der Waals surface area (Å²) in [5, 5.41) is 0. The van der Waals surface area contributed by atoms with Gasteiger partial charge in [-0.15, -0.1) is 0 Å². The van der Waals surface area contributed by atoms with Crippen LogP contribution in [0, 0.1) is 11.3 Å². The van der Waals surface area contributed by atoms with Crippen molar-refractivity contribution >= 4 is 11.9 Å². The van der Waals surface area contributed by atoms with E-state index in [1.807, 2.05) is 0 Å². The van der Waals surface area contributed by atoms with E-state index in [2.05, 4.69) is 4.74 Å². The highest BCUT2D eigenvalue weighted by molar-refractivity contribution is 5.76. The van der Waals surface area contributed by atoms with Crippen molar-refractivity contribution in [3.05, 3.63) is 0 Å². The maximum absolute atomic E-state index is 12.1. The third-order valence-electron chi connectivity index (χ3n) is 3.36. The second-order valence-electron chi connectivity index (χ2n) is 6.39. The number of carbonyl (C=O) groups excluding carboxylic acids is 2. The van der Waals surface area contributed by atoms with Crippen molar-refractivity contribution in [2.75, 3.05) is 6.61 Å². The van der Waals surface area contributed by atoms with Crippen LogP contribution in [-0.4, -0.2) is 30.8 Å². The molecule has 0 heterocycles. The molecule has 122 valence electrons. The summed E-state index contributed by atoms with van der Waals surface area (Å²) in [6.07, 6.45) is -3.77. The fraction of sp³-hybridized carbons (Fsp3) is 0.857. The van der Waals surface area contributed by atoms with Crippen LogP contribution in [0.15, 0.2) is 0 Å². The Kier molecular flexibility index (Phi) is 5.64. The lowest BCUT2D eigenvalue weighted by atomic mass is 9.88. The lowest BCUT2D eigenvalue weighted by Crippen LogP contribution is -2.33. The first-order chi connectivity index (χ1) is 9.50. The van der Waals surface area contributed by atoms with Gasteiger partial charge in [0.25, 0.3) is 0 Å². The zero-order chi connectivity index (χ0) is 16.3. The number of ether oxygens (including phenoxy) is 2. The van der Waals surface area contributed by atoms with Crippen LogP contribution in [0.5, 0.6) is 0 Å². The lowest BCUT2D eigenvalue weighted by molar-refractivity contribution is -0.206. The van der Waals surface area contributed by atoms with E-state index in [-0.39, 0.29) is 18.5 Å². The molecule has 0 N–H and O–H groups in total. The summed E-state index contributed by atoms with van der Waals surface area (Å²) < 4.78 is 45.8. The molecule has 0 bridgehead atoms. The number of hydrogen-bond donors (Lipinski definition) is 0. The monoisotopic (exact) mass is 310 g/mol. The number of rotatable bonds is 3. The normalized spacial score (nSPS) is 23.5. The Balaban J connectivity index is 2.30. The molecule has 0 radical (unpaired) electrons. The van der Waals surface area contributed by atoms with Crippen LogP contribution >= 0.6 is 0 Å². The van der Waals surface area contributed by atoms with E-state index in [4.69, 9.17) is 4.74 Å². The van der Waals surface area contributed by atoms with Gasteiger partial charge in [0, 0.05) is 0 Å². The summed E-state index contributed by atoms with van der Waals surface area (Å²) in [6, 6.07) is 0. The Morgan fingerprint density at radius 2 is 1.52 bits per heavy atom. The van der Waals surface area contributed by atoms with E-state index in [1.165, 1.54) is 0 Å². The van der Waals surface area contributed by atoms with Crippen LogP contribution in [-0.2, 0) is 19.1 Å². The summed E-state index contributed by atoms with van der Waals surface area (Å²) in [6.45, 7) is 5.52. The quantitative estimate of drug-likeness (QED) is 0.751. The molecule has 1 rings (SSSR count). The second-order valence-corrected chi connectivity index (χ2v) is 6.39. The molecule has 0 aromatic rings. The first-order valence-electron chi connectivity index (χ1n) is 6.95. The number of hydrogen-bond acceptors (Lipinski definition) is 4. The van der Waals surface area contributed by atoms with E-state index in [9.17, 15) is 22.8 Å². The minimum atomic E-state index is -4.95. The topological polar surface area (TPSA) is 52.6 Å². The molecule has 1 saturated carbocycles. The largest absolute Gasteiger partial charge is 0.490 e. The van der Waals surface area contributed by atoms with E-state index < -0.39 is 23.7 Å². The van der Waals surface area contributed by atoms with E-state index in [1.54, 1.807) is 20.8 Å². The number of alkyl halides is 3.